The molecule has 1 aromatic heterocycles. The van der Waals surface area contributed by atoms with E-state index in [1.807, 2.05) is 0 Å². The minimum Gasteiger partial charge on any atom is -0.480 e. The molecule has 0 saturated carbocycles. The molecule has 1 aromatic rings. The number of piperazine rings is 1. The van der Waals surface area contributed by atoms with Crippen LogP contribution >= 0.6 is 0 Å². The Kier molecular flexibility index (Phi) is 4.13. The van der Waals surface area contributed by atoms with Crippen molar-refractivity contribution in [1.29, 1.82) is 0 Å². The summed E-state index contributed by atoms with van der Waals surface area (Å²) in [7, 11) is -3.68. The summed E-state index contributed by atoms with van der Waals surface area (Å²) in [6.07, 6.45) is 1.51. The Balaban J connectivity index is 2.20. The molecule has 2 heterocycles. The number of pyridine rings is 1. The minimum atomic E-state index is -3.68. The number of carboxylic acid groups (broad SMARTS) is 1. The lowest BCUT2D eigenvalue weighted by Gasteiger charge is -2.32. The molecule has 2 rings (SSSR count). The molecule has 1 atom stereocenters. The molecule has 0 bridgehead atoms. The third-order valence-corrected chi connectivity index (χ3v) is 4.71. The Bertz CT molecular complexity index is 546. The lowest BCUT2D eigenvalue weighted by atomic mass is 10.2. The van der Waals surface area contributed by atoms with Crippen LogP contribution in [0.25, 0.3) is 0 Å². The molecule has 1 aliphatic rings. The number of aromatic nitrogens is 1. The van der Waals surface area contributed by atoms with Crippen molar-refractivity contribution in [2.75, 3.05) is 19.6 Å². The van der Waals surface area contributed by atoms with E-state index in [0.717, 1.165) is 4.31 Å². The van der Waals surface area contributed by atoms with Gasteiger partial charge in [0.05, 0.1) is 5.69 Å². The zero-order valence-electron chi connectivity index (χ0n) is 10.2. The van der Waals surface area contributed by atoms with Crippen molar-refractivity contribution in [1.82, 2.24) is 14.6 Å². The summed E-state index contributed by atoms with van der Waals surface area (Å²) in [6.45, 7) is 0.730. The molecule has 0 radical (unpaired) electrons. The maximum Gasteiger partial charge on any atom is 0.323 e. The predicted molar refractivity (Wildman–Crippen MR) is 67.9 cm³/mol. The monoisotopic (exact) mass is 285 g/mol. The fraction of sp³-hybridized carbons (Fsp3) is 0.455. The van der Waals surface area contributed by atoms with E-state index in [4.69, 9.17) is 5.11 Å². The van der Waals surface area contributed by atoms with Crippen LogP contribution in [0.3, 0.4) is 0 Å². The van der Waals surface area contributed by atoms with Crippen molar-refractivity contribution < 1.29 is 18.3 Å². The molecule has 1 fully saturated rings. The Morgan fingerprint density at radius 1 is 1.53 bits per heavy atom. The highest BCUT2D eigenvalue weighted by Gasteiger charge is 2.36. The Labute approximate surface area is 111 Å². The zero-order valence-corrected chi connectivity index (χ0v) is 11.0. The minimum absolute atomic E-state index is 0.122. The number of carboxylic acids is 1. The Morgan fingerprint density at radius 3 is 2.95 bits per heavy atom. The lowest BCUT2D eigenvalue weighted by Crippen LogP contribution is -2.57. The van der Waals surface area contributed by atoms with Crippen LogP contribution in [0.4, 0.5) is 0 Å². The summed E-state index contributed by atoms with van der Waals surface area (Å²) in [5, 5.41) is 12.0. The van der Waals surface area contributed by atoms with Crippen LogP contribution in [0.2, 0.25) is 0 Å². The summed E-state index contributed by atoms with van der Waals surface area (Å²) in [5.74, 6) is -1.42. The molecule has 7 nitrogen and oxygen atoms in total. The molecular weight excluding hydrogens is 270 g/mol. The average molecular weight is 285 g/mol. The van der Waals surface area contributed by atoms with E-state index in [9.17, 15) is 13.2 Å². The molecular formula is C11H15N3O4S. The second kappa shape index (κ2) is 5.64. The number of hydrogen-bond donors (Lipinski definition) is 2. The molecule has 1 aliphatic heterocycles. The van der Waals surface area contributed by atoms with Crippen molar-refractivity contribution in [3.05, 3.63) is 30.1 Å². The van der Waals surface area contributed by atoms with Gasteiger partial charge in [-0.1, -0.05) is 6.07 Å². The third kappa shape index (κ3) is 3.28. The topological polar surface area (TPSA) is 99.6 Å². The standard InChI is InChI=1S/C11H15N3O4S/c15-11(16)10-7-12-5-6-14(10)19(17,18)8-9-3-1-2-4-13-9/h1-4,10,12H,5-8H2,(H,15,16). The first kappa shape index (κ1) is 13.9. The number of carbonyl (C=O) groups is 1. The van der Waals surface area contributed by atoms with Crippen LogP contribution < -0.4 is 5.32 Å². The van der Waals surface area contributed by atoms with E-state index in [0.29, 0.717) is 12.2 Å². The van der Waals surface area contributed by atoms with E-state index < -0.39 is 22.0 Å². The maximum absolute atomic E-state index is 12.3. The van der Waals surface area contributed by atoms with Gasteiger partial charge in [-0.2, -0.15) is 4.31 Å². The van der Waals surface area contributed by atoms with E-state index in [-0.39, 0.29) is 18.8 Å². The molecule has 19 heavy (non-hydrogen) atoms. The van der Waals surface area contributed by atoms with Crippen molar-refractivity contribution in [2.24, 2.45) is 0 Å². The maximum atomic E-state index is 12.3. The van der Waals surface area contributed by atoms with E-state index in [2.05, 4.69) is 10.3 Å². The fourth-order valence-corrected chi connectivity index (χ4v) is 3.61. The number of sulfonamides is 1. The van der Waals surface area contributed by atoms with Gasteiger partial charge in [-0.05, 0) is 12.1 Å². The van der Waals surface area contributed by atoms with Gasteiger partial charge in [0.1, 0.15) is 11.8 Å². The van der Waals surface area contributed by atoms with Crippen molar-refractivity contribution in [2.45, 2.75) is 11.8 Å². The van der Waals surface area contributed by atoms with Gasteiger partial charge in [0.25, 0.3) is 0 Å². The second-order valence-corrected chi connectivity index (χ2v) is 6.17. The Morgan fingerprint density at radius 2 is 2.32 bits per heavy atom. The summed E-state index contributed by atoms with van der Waals surface area (Å²) in [5.41, 5.74) is 0.408. The van der Waals surface area contributed by atoms with Gasteiger partial charge >= 0.3 is 5.97 Å². The van der Waals surface area contributed by atoms with Crippen molar-refractivity contribution in [3.8, 4) is 0 Å². The summed E-state index contributed by atoms with van der Waals surface area (Å²) in [4.78, 5) is 15.1. The highest BCUT2D eigenvalue weighted by atomic mass is 32.2. The van der Waals surface area contributed by atoms with Gasteiger partial charge < -0.3 is 10.4 Å². The number of nitrogens with zero attached hydrogens (tertiary/aromatic N) is 2. The van der Waals surface area contributed by atoms with Crippen LogP contribution in [0.1, 0.15) is 5.69 Å². The SMILES string of the molecule is O=C(O)C1CNCCN1S(=O)(=O)Cc1ccccn1. The van der Waals surface area contributed by atoms with Gasteiger partial charge in [0.2, 0.25) is 10.0 Å². The van der Waals surface area contributed by atoms with Crippen LogP contribution in [0.5, 0.6) is 0 Å². The van der Waals surface area contributed by atoms with E-state index in [1.165, 1.54) is 6.20 Å². The highest BCUT2D eigenvalue weighted by molar-refractivity contribution is 7.88. The first-order valence-electron chi connectivity index (χ1n) is 5.83. The van der Waals surface area contributed by atoms with E-state index in [1.54, 1.807) is 18.2 Å². The quantitative estimate of drug-likeness (QED) is 0.756. The molecule has 2 N–H and O–H groups in total. The summed E-state index contributed by atoms with van der Waals surface area (Å²) in [6, 6.07) is 3.95. The van der Waals surface area contributed by atoms with Gasteiger partial charge in [0.15, 0.2) is 0 Å². The highest BCUT2D eigenvalue weighted by Crippen LogP contribution is 2.14. The summed E-state index contributed by atoms with van der Waals surface area (Å²) >= 11 is 0. The van der Waals surface area contributed by atoms with Crippen LogP contribution in [-0.4, -0.2) is 54.5 Å². The zero-order chi connectivity index (χ0) is 13.9. The average Bonchev–Trinajstić information content (AvgIpc) is 2.39. The molecule has 1 unspecified atom stereocenters. The predicted octanol–water partition coefficient (Wildman–Crippen LogP) is -0.730. The van der Waals surface area contributed by atoms with Crippen LogP contribution in [-0.2, 0) is 20.6 Å². The van der Waals surface area contributed by atoms with Crippen LogP contribution in [0, 0.1) is 0 Å². The first-order valence-corrected chi connectivity index (χ1v) is 7.44. The normalized spacial score (nSPS) is 21.2. The number of aliphatic carboxylic acids is 1. The molecule has 0 aromatic carbocycles. The second-order valence-electron chi connectivity index (χ2n) is 4.25. The largest absolute Gasteiger partial charge is 0.480 e. The van der Waals surface area contributed by atoms with Crippen molar-refractivity contribution in [3.63, 3.8) is 0 Å². The van der Waals surface area contributed by atoms with Gasteiger partial charge in [-0.25, -0.2) is 8.42 Å². The lowest BCUT2D eigenvalue weighted by molar-refractivity contribution is -0.141. The first-order chi connectivity index (χ1) is 9.00. The number of nitrogens with one attached hydrogen (secondary N) is 1. The molecule has 104 valence electrons. The van der Waals surface area contributed by atoms with Crippen molar-refractivity contribution >= 4 is 16.0 Å². The molecule has 0 amide bonds. The van der Waals surface area contributed by atoms with Gasteiger partial charge in [-0.15, -0.1) is 0 Å². The fourth-order valence-electron chi connectivity index (χ4n) is 1.98. The molecule has 8 heteroatoms. The molecule has 0 aliphatic carbocycles. The number of rotatable bonds is 4. The van der Waals surface area contributed by atoms with Crippen LogP contribution in [0.15, 0.2) is 24.4 Å². The third-order valence-electron chi connectivity index (χ3n) is 2.89. The van der Waals surface area contributed by atoms with E-state index >= 15 is 0 Å². The van der Waals surface area contributed by atoms with Gasteiger partial charge in [0, 0.05) is 25.8 Å². The van der Waals surface area contributed by atoms with Gasteiger partial charge in [-0.3, -0.25) is 9.78 Å². The number of hydrogen-bond acceptors (Lipinski definition) is 5. The molecule has 0 spiro atoms. The molecule has 1 saturated heterocycles. The smallest absolute Gasteiger partial charge is 0.323 e. The Hall–Kier alpha value is -1.51. The summed E-state index contributed by atoms with van der Waals surface area (Å²) < 4.78 is 25.6.